The van der Waals surface area contributed by atoms with Gasteiger partial charge in [0.25, 0.3) is 0 Å². The highest BCUT2D eigenvalue weighted by atomic mass is 35.5. The van der Waals surface area contributed by atoms with E-state index >= 15 is 0 Å². The second kappa shape index (κ2) is 5.71. The SMILES string of the molecule is NC(CO)c1cc(Cl)cc(OCC2CCC2)c1. The maximum atomic E-state index is 9.03. The van der Waals surface area contributed by atoms with E-state index in [1.807, 2.05) is 6.07 Å². The van der Waals surface area contributed by atoms with Crippen molar-refractivity contribution in [2.75, 3.05) is 13.2 Å². The van der Waals surface area contributed by atoms with Crippen LogP contribution in [0.4, 0.5) is 0 Å². The summed E-state index contributed by atoms with van der Waals surface area (Å²) in [5, 5.41) is 9.62. The van der Waals surface area contributed by atoms with Crippen LogP contribution < -0.4 is 10.5 Å². The van der Waals surface area contributed by atoms with E-state index < -0.39 is 6.04 Å². The highest BCUT2D eigenvalue weighted by Crippen LogP contribution is 2.29. The van der Waals surface area contributed by atoms with Gasteiger partial charge in [-0.3, -0.25) is 0 Å². The average molecular weight is 256 g/mol. The Balaban J connectivity index is 2.02. The molecule has 94 valence electrons. The zero-order chi connectivity index (χ0) is 12.3. The summed E-state index contributed by atoms with van der Waals surface area (Å²) in [5.41, 5.74) is 6.57. The van der Waals surface area contributed by atoms with Crippen molar-refractivity contribution in [3.05, 3.63) is 28.8 Å². The third-order valence-electron chi connectivity index (χ3n) is 3.23. The van der Waals surface area contributed by atoms with Crippen molar-refractivity contribution in [3.8, 4) is 5.75 Å². The van der Waals surface area contributed by atoms with Crippen molar-refractivity contribution < 1.29 is 9.84 Å². The van der Waals surface area contributed by atoms with E-state index in [4.69, 9.17) is 27.2 Å². The van der Waals surface area contributed by atoms with Crippen molar-refractivity contribution in [3.63, 3.8) is 0 Å². The fourth-order valence-corrected chi connectivity index (χ4v) is 2.09. The van der Waals surface area contributed by atoms with Gasteiger partial charge in [0, 0.05) is 5.02 Å². The summed E-state index contributed by atoms with van der Waals surface area (Å²) in [7, 11) is 0. The fourth-order valence-electron chi connectivity index (χ4n) is 1.86. The second-order valence-corrected chi connectivity index (χ2v) is 5.05. The number of rotatable bonds is 5. The first-order valence-corrected chi connectivity index (χ1v) is 6.36. The van der Waals surface area contributed by atoms with Crippen LogP contribution in [0.25, 0.3) is 0 Å². The van der Waals surface area contributed by atoms with Gasteiger partial charge in [-0.05, 0) is 42.5 Å². The third kappa shape index (κ3) is 3.35. The second-order valence-electron chi connectivity index (χ2n) is 4.62. The number of nitrogens with two attached hydrogens (primary N) is 1. The highest BCUT2D eigenvalue weighted by Gasteiger charge is 2.18. The summed E-state index contributed by atoms with van der Waals surface area (Å²) in [5.74, 6) is 1.42. The molecule has 2 rings (SSSR count). The first-order valence-electron chi connectivity index (χ1n) is 5.99. The van der Waals surface area contributed by atoms with Crippen molar-refractivity contribution in [2.45, 2.75) is 25.3 Å². The summed E-state index contributed by atoms with van der Waals surface area (Å²) < 4.78 is 5.70. The molecule has 0 saturated heterocycles. The molecule has 3 nitrogen and oxygen atoms in total. The van der Waals surface area contributed by atoms with E-state index in [0.29, 0.717) is 10.9 Å². The van der Waals surface area contributed by atoms with Crippen molar-refractivity contribution in [2.24, 2.45) is 11.7 Å². The molecule has 4 heteroatoms. The van der Waals surface area contributed by atoms with Gasteiger partial charge in [0.2, 0.25) is 0 Å². The lowest BCUT2D eigenvalue weighted by Crippen LogP contribution is -2.19. The molecule has 1 unspecified atom stereocenters. The van der Waals surface area contributed by atoms with Gasteiger partial charge in [0.1, 0.15) is 5.75 Å². The fraction of sp³-hybridized carbons (Fsp3) is 0.538. The molecule has 1 aromatic carbocycles. The molecule has 0 aromatic heterocycles. The maximum Gasteiger partial charge on any atom is 0.121 e. The highest BCUT2D eigenvalue weighted by molar-refractivity contribution is 6.30. The summed E-state index contributed by atoms with van der Waals surface area (Å²) in [6, 6.07) is 5.00. The average Bonchev–Trinajstić information content (AvgIpc) is 2.25. The topological polar surface area (TPSA) is 55.5 Å². The van der Waals surface area contributed by atoms with Crippen molar-refractivity contribution in [1.82, 2.24) is 0 Å². The van der Waals surface area contributed by atoms with Crippen LogP contribution in [0.3, 0.4) is 0 Å². The predicted octanol–water partition coefficient (Wildman–Crippen LogP) is 2.51. The molecule has 1 atom stereocenters. The Kier molecular flexibility index (Phi) is 4.26. The van der Waals surface area contributed by atoms with E-state index in [9.17, 15) is 0 Å². The summed E-state index contributed by atoms with van der Waals surface area (Å²) in [6.07, 6.45) is 3.82. The molecule has 1 aliphatic rings. The van der Waals surface area contributed by atoms with E-state index in [2.05, 4.69) is 0 Å². The Labute approximate surface area is 107 Å². The molecule has 0 aliphatic heterocycles. The molecule has 0 spiro atoms. The Morgan fingerprint density at radius 2 is 2.18 bits per heavy atom. The van der Waals surface area contributed by atoms with Crippen LogP contribution in [0.15, 0.2) is 18.2 Å². The zero-order valence-electron chi connectivity index (χ0n) is 9.73. The molecule has 1 fully saturated rings. The van der Waals surface area contributed by atoms with Gasteiger partial charge in [0.05, 0.1) is 19.3 Å². The Morgan fingerprint density at radius 1 is 1.41 bits per heavy atom. The number of benzene rings is 1. The van der Waals surface area contributed by atoms with Crippen molar-refractivity contribution in [1.29, 1.82) is 0 Å². The van der Waals surface area contributed by atoms with Crippen molar-refractivity contribution >= 4 is 11.6 Å². The summed E-state index contributed by atoms with van der Waals surface area (Å²) in [4.78, 5) is 0. The lowest BCUT2D eigenvalue weighted by Gasteiger charge is -2.25. The molecule has 17 heavy (non-hydrogen) atoms. The van der Waals surface area contributed by atoms with Gasteiger partial charge in [-0.15, -0.1) is 0 Å². The van der Waals surface area contributed by atoms with Gasteiger partial charge in [-0.25, -0.2) is 0 Å². The Bertz CT molecular complexity index is 380. The monoisotopic (exact) mass is 255 g/mol. The van der Waals surface area contributed by atoms with E-state index in [-0.39, 0.29) is 6.61 Å². The van der Waals surface area contributed by atoms with Gasteiger partial charge < -0.3 is 15.6 Å². The molecule has 0 heterocycles. The number of ether oxygens (including phenoxy) is 1. The van der Waals surface area contributed by atoms with Crippen LogP contribution in [0.1, 0.15) is 30.9 Å². The van der Waals surface area contributed by atoms with Crippen LogP contribution in [-0.2, 0) is 0 Å². The number of aliphatic hydroxyl groups excluding tert-OH is 1. The third-order valence-corrected chi connectivity index (χ3v) is 3.45. The molecular weight excluding hydrogens is 238 g/mol. The van der Waals surface area contributed by atoms with Gasteiger partial charge >= 0.3 is 0 Å². The number of halogens is 1. The zero-order valence-corrected chi connectivity index (χ0v) is 10.5. The van der Waals surface area contributed by atoms with Crippen LogP contribution >= 0.6 is 11.6 Å². The molecule has 0 bridgehead atoms. The lowest BCUT2D eigenvalue weighted by atomic mass is 9.86. The van der Waals surface area contributed by atoms with Crippen LogP contribution in [0, 0.1) is 5.92 Å². The quantitative estimate of drug-likeness (QED) is 0.850. The number of aliphatic hydroxyl groups is 1. The van der Waals surface area contributed by atoms with E-state index in [0.717, 1.165) is 17.9 Å². The molecule has 3 N–H and O–H groups in total. The largest absolute Gasteiger partial charge is 0.493 e. The first kappa shape index (κ1) is 12.7. The van der Waals surface area contributed by atoms with E-state index in [1.165, 1.54) is 19.3 Å². The van der Waals surface area contributed by atoms with Crippen LogP contribution in [0.2, 0.25) is 5.02 Å². The first-order chi connectivity index (χ1) is 8.19. The molecular formula is C13H18ClNO2. The molecule has 1 aliphatic carbocycles. The van der Waals surface area contributed by atoms with Gasteiger partial charge in [-0.1, -0.05) is 18.0 Å². The van der Waals surface area contributed by atoms with E-state index in [1.54, 1.807) is 12.1 Å². The van der Waals surface area contributed by atoms with Crippen LogP contribution in [-0.4, -0.2) is 18.3 Å². The normalized spacial score (nSPS) is 17.6. The molecule has 1 aromatic rings. The summed E-state index contributed by atoms with van der Waals surface area (Å²) in [6.45, 7) is 0.649. The minimum absolute atomic E-state index is 0.0948. The summed E-state index contributed by atoms with van der Waals surface area (Å²) >= 11 is 6.00. The molecule has 0 radical (unpaired) electrons. The predicted molar refractivity (Wildman–Crippen MR) is 68.3 cm³/mol. The smallest absolute Gasteiger partial charge is 0.121 e. The minimum Gasteiger partial charge on any atom is -0.493 e. The Hall–Kier alpha value is -0.770. The maximum absolute atomic E-state index is 9.03. The molecule has 0 amide bonds. The molecule has 1 saturated carbocycles. The number of hydrogen-bond acceptors (Lipinski definition) is 3. The van der Waals surface area contributed by atoms with Gasteiger partial charge in [-0.2, -0.15) is 0 Å². The van der Waals surface area contributed by atoms with Gasteiger partial charge in [0.15, 0.2) is 0 Å². The standard InChI is InChI=1S/C13H18ClNO2/c14-11-4-10(13(15)7-16)5-12(6-11)17-8-9-2-1-3-9/h4-6,9,13,16H,1-3,7-8,15H2. The minimum atomic E-state index is -0.403. The number of hydrogen-bond donors (Lipinski definition) is 2. The Morgan fingerprint density at radius 3 is 2.76 bits per heavy atom. The van der Waals surface area contributed by atoms with Crippen LogP contribution in [0.5, 0.6) is 5.75 Å². The lowest BCUT2D eigenvalue weighted by molar-refractivity contribution is 0.180.